The Bertz CT molecular complexity index is 1310. The lowest BCUT2D eigenvalue weighted by molar-refractivity contribution is 0.0986. The van der Waals surface area contributed by atoms with Gasteiger partial charge in [-0.15, -0.1) is 0 Å². The first kappa shape index (κ1) is 23.5. The molecule has 0 unspecified atom stereocenters. The molecule has 3 N–H and O–H groups in total. The monoisotopic (exact) mass is 479 g/mol. The summed E-state index contributed by atoms with van der Waals surface area (Å²) in [6.45, 7) is 0.398. The largest absolute Gasteiger partial charge is 0.383 e. The zero-order valence-electron chi connectivity index (χ0n) is 18.7. The van der Waals surface area contributed by atoms with E-state index in [1.165, 1.54) is 27.3 Å². The SMILES string of the molecule is Nc1c(N(CCC2=CCCCC2)C(=O)c2ccc(Cl)nc2)c(=O)[nH]c(=O)n1Cc1ccccc1. The Hall–Kier alpha value is -3.65. The quantitative estimate of drug-likeness (QED) is 0.395. The van der Waals surface area contributed by atoms with Crippen LogP contribution in [0.25, 0.3) is 0 Å². The highest BCUT2D eigenvalue weighted by molar-refractivity contribution is 6.29. The fourth-order valence-corrected chi connectivity index (χ4v) is 4.23. The molecule has 176 valence electrons. The van der Waals surface area contributed by atoms with Gasteiger partial charge in [-0.2, -0.15) is 0 Å². The zero-order chi connectivity index (χ0) is 24.1. The summed E-state index contributed by atoms with van der Waals surface area (Å²) in [6, 6.07) is 12.3. The van der Waals surface area contributed by atoms with Crippen molar-refractivity contribution in [1.82, 2.24) is 14.5 Å². The van der Waals surface area contributed by atoms with Crippen molar-refractivity contribution >= 4 is 29.0 Å². The van der Waals surface area contributed by atoms with E-state index in [2.05, 4.69) is 16.0 Å². The van der Waals surface area contributed by atoms with Crippen LogP contribution in [0.4, 0.5) is 11.5 Å². The molecule has 3 aromatic rings. The Morgan fingerprint density at radius 1 is 1.15 bits per heavy atom. The minimum Gasteiger partial charge on any atom is -0.383 e. The number of amides is 1. The molecule has 1 aliphatic rings. The molecule has 34 heavy (non-hydrogen) atoms. The zero-order valence-corrected chi connectivity index (χ0v) is 19.4. The van der Waals surface area contributed by atoms with E-state index in [9.17, 15) is 14.4 Å². The summed E-state index contributed by atoms with van der Waals surface area (Å²) >= 11 is 5.88. The highest BCUT2D eigenvalue weighted by atomic mass is 35.5. The lowest BCUT2D eigenvalue weighted by Gasteiger charge is -2.25. The van der Waals surface area contributed by atoms with Crippen LogP contribution >= 0.6 is 11.6 Å². The van der Waals surface area contributed by atoms with Crippen molar-refractivity contribution in [2.45, 2.75) is 38.6 Å². The first-order chi connectivity index (χ1) is 16.4. The van der Waals surface area contributed by atoms with Crippen LogP contribution in [0.1, 0.15) is 48.0 Å². The molecule has 1 aliphatic carbocycles. The van der Waals surface area contributed by atoms with E-state index in [0.29, 0.717) is 6.42 Å². The van der Waals surface area contributed by atoms with E-state index in [4.69, 9.17) is 17.3 Å². The van der Waals surface area contributed by atoms with Crippen LogP contribution < -0.4 is 21.9 Å². The van der Waals surface area contributed by atoms with E-state index < -0.39 is 17.2 Å². The molecule has 0 aliphatic heterocycles. The van der Waals surface area contributed by atoms with Crippen molar-refractivity contribution in [1.29, 1.82) is 0 Å². The van der Waals surface area contributed by atoms with E-state index >= 15 is 0 Å². The molecular weight excluding hydrogens is 454 g/mol. The maximum absolute atomic E-state index is 13.5. The Morgan fingerprint density at radius 3 is 2.62 bits per heavy atom. The van der Waals surface area contributed by atoms with Crippen LogP contribution in [0.5, 0.6) is 0 Å². The van der Waals surface area contributed by atoms with E-state index in [1.54, 1.807) is 6.07 Å². The summed E-state index contributed by atoms with van der Waals surface area (Å²) in [7, 11) is 0. The number of nitrogens with one attached hydrogen (secondary N) is 1. The average Bonchev–Trinajstić information content (AvgIpc) is 2.85. The molecule has 0 saturated heterocycles. The van der Waals surface area contributed by atoms with Gasteiger partial charge in [-0.25, -0.2) is 9.78 Å². The summed E-state index contributed by atoms with van der Waals surface area (Å²) < 4.78 is 1.27. The van der Waals surface area contributed by atoms with Gasteiger partial charge in [0.05, 0.1) is 12.1 Å². The van der Waals surface area contributed by atoms with E-state index in [-0.39, 0.29) is 35.3 Å². The van der Waals surface area contributed by atoms with Gasteiger partial charge in [0.25, 0.3) is 11.5 Å². The van der Waals surface area contributed by atoms with Crippen molar-refractivity contribution in [3.8, 4) is 0 Å². The summed E-state index contributed by atoms with van der Waals surface area (Å²) in [4.78, 5) is 46.7. The maximum Gasteiger partial charge on any atom is 0.330 e. The van der Waals surface area contributed by atoms with Gasteiger partial charge in [-0.3, -0.25) is 19.1 Å². The highest BCUT2D eigenvalue weighted by Crippen LogP contribution is 2.25. The molecule has 0 bridgehead atoms. The van der Waals surface area contributed by atoms with Gasteiger partial charge in [0.2, 0.25) is 0 Å². The van der Waals surface area contributed by atoms with Gasteiger partial charge in [-0.1, -0.05) is 53.6 Å². The number of nitrogens with two attached hydrogens (primary N) is 1. The minimum atomic E-state index is -0.709. The van der Waals surface area contributed by atoms with Gasteiger partial charge < -0.3 is 10.6 Å². The molecule has 2 heterocycles. The van der Waals surface area contributed by atoms with Crippen LogP contribution in [-0.2, 0) is 6.54 Å². The number of nitrogen functional groups attached to an aromatic ring is 1. The molecular formula is C25H26ClN5O3. The lowest BCUT2D eigenvalue weighted by Crippen LogP contribution is -2.42. The number of aromatic amines is 1. The van der Waals surface area contributed by atoms with Gasteiger partial charge in [-0.05, 0) is 49.8 Å². The number of halogens is 1. The van der Waals surface area contributed by atoms with Crippen LogP contribution in [-0.4, -0.2) is 27.0 Å². The summed E-state index contributed by atoms with van der Waals surface area (Å²) in [6.07, 6.45) is 8.38. The molecule has 9 heteroatoms. The molecule has 2 aromatic heterocycles. The third-order valence-corrected chi connectivity index (χ3v) is 6.15. The number of allylic oxidation sites excluding steroid dienone is 1. The average molecular weight is 480 g/mol. The molecule has 1 amide bonds. The van der Waals surface area contributed by atoms with E-state index in [1.807, 2.05) is 30.3 Å². The predicted molar refractivity (Wildman–Crippen MR) is 133 cm³/mol. The van der Waals surface area contributed by atoms with Gasteiger partial charge in [0, 0.05) is 12.7 Å². The number of carbonyl (C=O) groups excluding carboxylic acids is 1. The number of hydrogen-bond donors (Lipinski definition) is 2. The molecule has 0 spiro atoms. The number of nitrogens with zero attached hydrogens (tertiary/aromatic N) is 3. The van der Waals surface area contributed by atoms with E-state index in [0.717, 1.165) is 31.2 Å². The van der Waals surface area contributed by atoms with Crippen molar-refractivity contribution in [3.63, 3.8) is 0 Å². The molecule has 1 aromatic carbocycles. The molecule has 0 fully saturated rings. The Morgan fingerprint density at radius 2 is 1.94 bits per heavy atom. The predicted octanol–water partition coefficient (Wildman–Crippen LogP) is 3.75. The van der Waals surface area contributed by atoms with Crippen LogP contribution in [0.15, 0.2) is 69.9 Å². The van der Waals surface area contributed by atoms with Crippen molar-refractivity contribution in [2.75, 3.05) is 17.2 Å². The number of rotatable bonds is 7. The number of carbonyl (C=O) groups is 1. The molecule has 0 radical (unpaired) electrons. The van der Waals surface area contributed by atoms with Gasteiger partial charge >= 0.3 is 5.69 Å². The van der Waals surface area contributed by atoms with Gasteiger partial charge in [0.1, 0.15) is 11.0 Å². The third-order valence-electron chi connectivity index (χ3n) is 5.93. The normalized spacial score (nSPS) is 13.4. The second-order valence-electron chi connectivity index (χ2n) is 8.25. The standard InChI is InChI=1S/C25H26ClN5O3/c26-20-12-11-19(15-28-20)24(33)30(14-13-17-7-3-1-4-8-17)21-22(27)31(25(34)29-23(21)32)16-18-9-5-2-6-10-18/h2,5-7,9-12,15H,1,3-4,8,13-14,16,27H2,(H,29,32,34). The number of anilines is 2. The third kappa shape index (κ3) is 5.28. The van der Waals surface area contributed by atoms with Crippen molar-refractivity contribution in [2.24, 2.45) is 0 Å². The number of H-pyrrole nitrogens is 1. The van der Waals surface area contributed by atoms with Crippen molar-refractivity contribution < 1.29 is 4.79 Å². The second kappa shape index (κ2) is 10.5. The van der Waals surface area contributed by atoms with Crippen molar-refractivity contribution in [3.05, 3.63) is 97.4 Å². The first-order valence-corrected chi connectivity index (χ1v) is 11.6. The maximum atomic E-state index is 13.5. The number of pyridine rings is 1. The van der Waals surface area contributed by atoms with Crippen LogP contribution in [0.3, 0.4) is 0 Å². The Labute approximate surface area is 201 Å². The molecule has 4 rings (SSSR count). The van der Waals surface area contributed by atoms with Crippen LogP contribution in [0, 0.1) is 0 Å². The lowest BCUT2D eigenvalue weighted by atomic mass is 9.97. The fraction of sp³-hybridized carbons (Fsp3) is 0.280. The fourth-order valence-electron chi connectivity index (χ4n) is 4.12. The Kier molecular flexibility index (Phi) is 7.27. The topological polar surface area (TPSA) is 114 Å². The number of benzene rings is 1. The summed E-state index contributed by atoms with van der Waals surface area (Å²) in [5.41, 5.74) is 7.33. The molecule has 0 saturated carbocycles. The smallest absolute Gasteiger partial charge is 0.330 e. The molecule has 8 nitrogen and oxygen atoms in total. The highest BCUT2D eigenvalue weighted by Gasteiger charge is 2.26. The van der Waals surface area contributed by atoms with Gasteiger partial charge in [0.15, 0.2) is 5.69 Å². The summed E-state index contributed by atoms with van der Waals surface area (Å²) in [5.74, 6) is -0.506. The minimum absolute atomic E-state index is 0.0492. The van der Waals surface area contributed by atoms with Crippen LogP contribution in [0.2, 0.25) is 5.15 Å². The second-order valence-corrected chi connectivity index (χ2v) is 8.64. The molecule has 0 atom stereocenters. The first-order valence-electron chi connectivity index (χ1n) is 11.2. The number of aromatic nitrogens is 3. The summed E-state index contributed by atoms with van der Waals surface area (Å²) in [5, 5.41) is 0.254. The number of hydrogen-bond acceptors (Lipinski definition) is 5. The Balaban J connectivity index is 1.76.